The summed E-state index contributed by atoms with van der Waals surface area (Å²) in [7, 11) is 0. The molecule has 0 aromatic heterocycles. The van der Waals surface area contributed by atoms with Gasteiger partial charge < -0.3 is 10.6 Å². The Morgan fingerprint density at radius 1 is 1.26 bits per heavy atom. The largest absolute Gasteiger partial charge is 0.332 e. The van der Waals surface area contributed by atoms with E-state index in [0.717, 1.165) is 21.8 Å². The number of aryl methyl sites for hydroxylation is 1. The van der Waals surface area contributed by atoms with E-state index in [2.05, 4.69) is 21.2 Å². The van der Waals surface area contributed by atoms with Crippen LogP contribution in [0.15, 0.2) is 40.9 Å². The maximum absolute atomic E-state index is 13.7. The first-order chi connectivity index (χ1) is 10.9. The first-order valence-corrected chi connectivity index (χ1v) is 8.00. The van der Waals surface area contributed by atoms with Crippen LogP contribution < -0.4 is 10.6 Å². The molecule has 2 rings (SSSR count). The predicted octanol–water partition coefficient (Wildman–Crippen LogP) is 3.30. The molecule has 0 unspecified atom stereocenters. The van der Waals surface area contributed by atoms with E-state index in [0.29, 0.717) is 5.56 Å². The van der Waals surface area contributed by atoms with Crippen molar-refractivity contribution in [2.45, 2.75) is 19.9 Å². The molecule has 0 heterocycles. The summed E-state index contributed by atoms with van der Waals surface area (Å²) in [4.78, 5) is 12.0. The maximum atomic E-state index is 13.7. The molecule has 0 bridgehead atoms. The Morgan fingerprint density at radius 3 is 2.65 bits per heavy atom. The van der Waals surface area contributed by atoms with E-state index in [9.17, 15) is 13.6 Å². The van der Waals surface area contributed by atoms with Gasteiger partial charge in [-0.15, -0.1) is 0 Å². The molecule has 1 atom stereocenters. The summed E-state index contributed by atoms with van der Waals surface area (Å²) in [5.41, 5.74) is 2.07. The molecule has 2 aromatic carbocycles. The molecule has 6 heteroatoms. The van der Waals surface area contributed by atoms with Gasteiger partial charge in [0, 0.05) is 21.8 Å². The molecule has 0 saturated carbocycles. The molecule has 23 heavy (non-hydrogen) atoms. The summed E-state index contributed by atoms with van der Waals surface area (Å²) in [6, 6.07) is 8.77. The number of nitrogens with one attached hydrogen (secondary N) is 1. The van der Waals surface area contributed by atoms with E-state index in [-0.39, 0.29) is 18.5 Å². The molecule has 0 aliphatic carbocycles. The second-order valence-corrected chi connectivity index (χ2v) is 6.32. The quantitative estimate of drug-likeness (QED) is 0.817. The van der Waals surface area contributed by atoms with E-state index in [4.69, 9.17) is 0 Å². The van der Waals surface area contributed by atoms with Crippen LogP contribution in [0.25, 0.3) is 0 Å². The molecule has 3 N–H and O–H groups in total. The minimum Gasteiger partial charge on any atom is -0.332 e. The first-order valence-electron chi connectivity index (χ1n) is 7.21. The van der Waals surface area contributed by atoms with Crippen LogP contribution in [0.1, 0.15) is 24.1 Å². The molecule has 2 aromatic rings. The molecule has 122 valence electrons. The number of carbonyl (C=O) groups excluding carboxylic acids is 1. The van der Waals surface area contributed by atoms with E-state index in [1.54, 1.807) is 12.2 Å². The Balaban J connectivity index is 1.93. The lowest BCUT2D eigenvalue weighted by atomic mass is 10.1. The molecule has 0 spiro atoms. The van der Waals surface area contributed by atoms with Crippen LogP contribution in [-0.2, 0) is 4.79 Å². The number of anilines is 1. The van der Waals surface area contributed by atoms with Crippen LogP contribution in [0.3, 0.4) is 0 Å². The smallest absolute Gasteiger partial charge is 0.279 e. The van der Waals surface area contributed by atoms with Crippen molar-refractivity contribution in [2.75, 3.05) is 11.9 Å². The molecule has 0 aliphatic heterocycles. The van der Waals surface area contributed by atoms with Gasteiger partial charge in [-0.3, -0.25) is 4.79 Å². The molecular formula is C17H18BrF2N2O+. The van der Waals surface area contributed by atoms with Gasteiger partial charge in [-0.25, -0.2) is 8.78 Å². The molecule has 0 radical (unpaired) electrons. The number of amides is 1. The second-order valence-electron chi connectivity index (χ2n) is 5.40. The molecule has 0 aliphatic rings. The van der Waals surface area contributed by atoms with Crippen molar-refractivity contribution in [3.63, 3.8) is 0 Å². The van der Waals surface area contributed by atoms with Gasteiger partial charge in [0.2, 0.25) is 0 Å². The van der Waals surface area contributed by atoms with Gasteiger partial charge in [-0.1, -0.05) is 15.9 Å². The van der Waals surface area contributed by atoms with Crippen LogP contribution in [0.5, 0.6) is 0 Å². The van der Waals surface area contributed by atoms with Gasteiger partial charge in [-0.05, 0) is 49.7 Å². The zero-order valence-electron chi connectivity index (χ0n) is 12.9. The molecule has 0 saturated heterocycles. The summed E-state index contributed by atoms with van der Waals surface area (Å²) < 4.78 is 27.6. The van der Waals surface area contributed by atoms with Gasteiger partial charge in [0.15, 0.2) is 6.54 Å². The number of halogens is 3. The van der Waals surface area contributed by atoms with Gasteiger partial charge in [0.25, 0.3) is 5.91 Å². The zero-order chi connectivity index (χ0) is 17.0. The van der Waals surface area contributed by atoms with Crippen molar-refractivity contribution in [3.05, 3.63) is 63.6 Å². The topological polar surface area (TPSA) is 45.7 Å². The standard InChI is InChI=1S/C17H17BrF2N2O/c1-10-7-12(18)3-6-16(10)22-17(23)9-21-11(2)14-5-4-13(19)8-15(14)20/h3-8,11,21H,9H2,1-2H3,(H,22,23)/p+1/t11-/m0/s1. The Kier molecular flexibility index (Phi) is 5.85. The first kappa shape index (κ1) is 17.6. The number of rotatable bonds is 5. The highest BCUT2D eigenvalue weighted by Gasteiger charge is 2.16. The van der Waals surface area contributed by atoms with Crippen molar-refractivity contribution in [2.24, 2.45) is 0 Å². The Bertz CT molecular complexity index is 722. The van der Waals surface area contributed by atoms with Gasteiger partial charge in [0.1, 0.15) is 17.7 Å². The third kappa shape index (κ3) is 4.84. The summed E-state index contributed by atoms with van der Waals surface area (Å²) in [5.74, 6) is -1.38. The minimum atomic E-state index is -0.609. The number of nitrogens with two attached hydrogens (primary N) is 1. The molecule has 0 fully saturated rings. The van der Waals surface area contributed by atoms with Gasteiger partial charge >= 0.3 is 0 Å². The fourth-order valence-electron chi connectivity index (χ4n) is 2.25. The van der Waals surface area contributed by atoms with Crippen LogP contribution in [0.2, 0.25) is 0 Å². The van der Waals surface area contributed by atoms with Crippen LogP contribution >= 0.6 is 15.9 Å². The SMILES string of the molecule is Cc1cc(Br)ccc1NC(=O)C[NH2+][C@@H](C)c1ccc(F)cc1F. The summed E-state index contributed by atoms with van der Waals surface area (Å²) in [5, 5.41) is 4.53. The van der Waals surface area contributed by atoms with Gasteiger partial charge in [0.05, 0.1) is 0 Å². The third-order valence-corrected chi connectivity index (χ3v) is 4.07. The third-order valence-electron chi connectivity index (χ3n) is 3.57. The highest BCUT2D eigenvalue weighted by atomic mass is 79.9. The van der Waals surface area contributed by atoms with Crippen LogP contribution in [0.4, 0.5) is 14.5 Å². The Morgan fingerprint density at radius 2 is 2.00 bits per heavy atom. The number of hydrogen-bond acceptors (Lipinski definition) is 1. The highest BCUT2D eigenvalue weighted by molar-refractivity contribution is 9.10. The Labute approximate surface area is 142 Å². The lowest BCUT2D eigenvalue weighted by molar-refractivity contribution is -0.682. The summed E-state index contributed by atoms with van der Waals surface area (Å²) in [6.07, 6.45) is 0. The summed E-state index contributed by atoms with van der Waals surface area (Å²) >= 11 is 3.37. The number of carbonyl (C=O) groups is 1. The highest BCUT2D eigenvalue weighted by Crippen LogP contribution is 2.19. The second kappa shape index (κ2) is 7.66. The molecule has 3 nitrogen and oxygen atoms in total. The lowest BCUT2D eigenvalue weighted by Crippen LogP contribution is -2.86. The predicted molar refractivity (Wildman–Crippen MR) is 89.1 cm³/mol. The lowest BCUT2D eigenvalue weighted by Gasteiger charge is -2.13. The minimum absolute atomic E-state index is 0.146. The normalized spacial score (nSPS) is 12.0. The van der Waals surface area contributed by atoms with Crippen molar-refractivity contribution in [3.8, 4) is 0 Å². The van der Waals surface area contributed by atoms with Crippen molar-refractivity contribution in [1.29, 1.82) is 0 Å². The maximum Gasteiger partial charge on any atom is 0.279 e. The molecular weight excluding hydrogens is 366 g/mol. The van der Waals surface area contributed by atoms with Crippen LogP contribution in [0, 0.1) is 18.6 Å². The zero-order valence-corrected chi connectivity index (χ0v) is 14.5. The summed E-state index contributed by atoms with van der Waals surface area (Å²) in [6.45, 7) is 3.82. The fourth-order valence-corrected chi connectivity index (χ4v) is 2.73. The number of quaternary nitrogens is 1. The monoisotopic (exact) mass is 383 g/mol. The van der Waals surface area contributed by atoms with Crippen LogP contribution in [-0.4, -0.2) is 12.5 Å². The van der Waals surface area contributed by atoms with Crippen molar-refractivity contribution >= 4 is 27.5 Å². The van der Waals surface area contributed by atoms with E-state index < -0.39 is 11.6 Å². The fraction of sp³-hybridized carbons (Fsp3) is 0.235. The van der Waals surface area contributed by atoms with Crippen molar-refractivity contribution in [1.82, 2.24) is 0 Å². The van der Waals surface area contributed by atoms with Gasteiger partial charge in [-0.2, -0.15) is 0 Å². The molecule has 1 amide bonds. The number of benzene rings is 2. The van der Waals surface area contributed by atoms with E-state index >= 15 is 0 Å². The Hall–Kier alpha value is -1.79. The number of hydrogen-bond donors (Lipinski definition) is 2. The average Bonchev–Trinajstić information content (AvgIpc) is 2.48. The van der Waals surface area contributed by atoms with E-state index in [1.807, 2.05) is 25.1 Å². The van der Waals surface area contributed by atoms with Crippen molar-refractivity contribution < 1.29 is 18.9 Å². The van der Waals surface area contributed by atoms with E-state index in [1.165, 1.54) is 12.1 Å². The average molecular weight is 384 g/mol.